The predicted octanol–water partition coefficient (Wildman–Crippen LogP) is 1.41. The van der Waals surface area contributed by atoms with Crippen LogP contribution in [-0.2, 0) is 6.54 Å². The summed E-state index contributed by atoms with van der Waals surface area (Å²) in [6.07, 6.45) is 0. The molecule has 0 unspecified atom stereocenters. The fourth-order valence-corrected chi connectivity index (χ4v) is 2.54. The summed E-state index contributed by atoms with van der Waals surface area (Å²) in [6, 6.07) is 6.57. The van der Waals surface area contributed by atoms with E-state index in [1.54, 1.807) is 0 Å². The van der Waals surface area contributed by atoms with E-state index >= 15 is 0 Å². The van der Waals surface area contributed by atoms with Gasteiger partial charge in [0.1, 0.15) is 0 Å². The highest BCUT2D eigenvalue weighted by Crippen LogP contribution is 2.15. The molecule has 1 saturated heterocycles. The zero-order valence-electron chi connectivity index (χ0n) is 11.5. The van der Waals surface area contributed by atoms with Crippen LogP contribution in [0.2, 0.25) is 0 Å². The summed E-state index contributed by atoms with van der Waals surface area (Å²) < 4.78 is 0. The molecule has 0 aromatic heterocycles. The molecule has 3 nitrogen and oxygen atoms in total. The van der Waals surface area contributed by atoms with Crippen molar-refractivity contribution in [1.29, 1.82) is 0 Å². The monoisotopic (exact) mass is 248 g/mol. The fourth-order valence-electron chi connectivity index (χ4n) is 2.54. The predicted molar refractivity (Wildman–Crippen MR) is 74.7 cm³/mol. The van der Waals surface area contributed by atoms with Crippen molar-refractivity contribution >= 4 is 0 Å². The molecule has 3 heteroatoms. The Morgan fingerprint density at radius 2 is 1.72 bits per heavy atom. The number of aliphatic hydroxyl groups excluding tert-OH is 1. The largest absolute Gasteiger partial charge is 0.395 e. The van der Waals surface area contributed by atoms with Crippen molar-refractivity contribution in [1.82, 2.24) is 9.80 Å². The van der Waals surface area contributed by atoms with Gasteiger partial charge in [0.15, 0.2) is 0 Å². The molecule has 0 bridgehead atoms. The maximum atomic E-state index is 8.93. The molecule has 0 amide bonds. The Bertz CT molecular complexity index is 384. The maximum absolute atomic E-state index is 8.93. The Balaban J connectivity index is 1.90. The van der Waals surface area contributed by atoms with Gasteiger partial charge in [-0.25, -0.2) is 0 Å². The number of hydrogen-bond acceptors (Lipinski definition) is 3. The van der Waals surface area contributed by atoms with Crippen LogP contribution in [0.25, 0.3) is 0 Å². The van der Waals surface area contributed by atoms with Gasteiger partial charge in [0.05, 0.1) is 6.61 Å². The second kappa shape index (κ2) is 6.32. The maximum Gasteiger partial charge on any atom is 0.0558 e. The molecule has 18 heavy (non-hydrogen) atoms. The number of benzene rings is 1. The molecule has 0 atom stereocenters. The Kier molecular flexibility index (Phi) is 4.75. The number of nitrogens with zero attached hydrogens (tertiary/aromatic N) is 2. The Hall–Kier alpha value is -0.900. The van der Waals surface area contributed by atoms with Crippen molar-refractivity contribution in [3.8, 4) is 0 Å². The summed E-state index contributed by atoms with van der Waals surface area (Å²) in [5, 5.41) is 8.93. The molecule has 100 valence electrons. The van der Waals surface area contributed by atoms with Crippen LogP contribution in [0.4, 0.5) is 0 Å². The van der Waals surface area contributed by atoms with Crippen molar-refractivity contribution in [2.45, 2.75) is 20.4 Å². The molecule has 1 aromatic rings. The molecule has 2 rings (SSSR count). The lowest BCUT2D eigenvalue weighted by Gasteiger charge is -2.34. The number of piperazine rings is 1. The van der Waals surface area contributed by atoms with Gasteiger partial charge in [0.25, 0.3) is 0 Å². The van der Waals surface area contributed by atoms with Gasteiger partial charge in [-0.1, -0.05) is 18.2 Å². The van der Waals surface area contributed by atoms with Crippen molar-refractivity contribution in [2.24, 2.45) is 0 Å². The normalized spacial score (nSPS) is 18.2. The van der Waals surface area contributed by atoms with Crippen molar-refractivity contribution in [2.75, 3.05) is 39.3 Å². The highest BCUT2D eigenvalue weighted by molar-refractivity contribution is 5.33. The average molecular weight is 248 g/mol. The van der Waals surface area contributed by atoms with Crippen LogP contribution >= 0.6 is 0 Å². The second-order valence-electron chi connectivity index (χ2n) is 5.20. The van der Waals surface area contributed by atoms with Gasteiger partial charge >= 0.3 is 0 Å². The third-order valence-electron chi connectivity index (χ3n) is 3.99. The van der Waals surface area contributed by atoms with Gasteiger partial charge in [-0.2, -0.15) is 0 Å². The summed E-state index contributed by atoms with van der Waals surface area (Å²) in [5.41, 5.74) is 4.26. The van der Waals surface area contributed by atoms with Gasteiger partial charge in [0, 0.05) is 39.3 Å². The Labute approximate surface area is 110 Å². The highest BCUT2D eigenvalue weighted by Gasteiger charge is 2.16. The first-order chi connectivity index (χ1) is 8.70. The van der Waals surface area contributed by atoms with Crippen molar-refractivity contribution in [3.05, 3.63) is 34.9 Å². The van der Waals surface area contributed by atoms with E-state index in [-0.39, 0.29) is 6.61 Å². The lowest BCUT2D eigenvalue weighted by molar-refractivity contribution is 0.108. The molecule has 1 aliphatic rings. The van der Waals surface area contributed by atoms with Crippen LogP contribution in [0.15, 0.2) is 18.2 Å². The summed E-state index contributed by atoms with van der Waals surface area (Å²) in [5.74, 6) is 0. The molecule has 0 saturated carbocycles. The van der Waals surface area contributed by atoms with E-state index < -0.39 is 0 Å². The quantitative estimate of drug-likeness (QED) is 0.873. The number of hydrogen-bond donors (Lipinski definition) is 1. The van der Waals surface area contributed by atoms with Crippen LogP contribution in [0.3, 0.4) is 0 Å². The van der Waals surface area contributed by atoms with Gasteiger partial charge < -0.3 is 5.11 Å². The van der Waals surface area contributed by atoms with E-state index in [0.29, 0.717) is 0 Å². The zero-order chi connectivity index (χ0) is 13.0. The Morgan fingerprint density at radius 1 is 1.06 bits per heavy atom. The molecule has 0 aliphatic carbocycles. The summed E-state index contributed by atoms with van der Waals surface area (Å²) in [7, 11) is 0. The molecule has 1 aromatic carbocycles. The van der Waals surface area contributed by atoms with Crippen LogP contribution in [0.1, 0.15) is 16.7 Å². The summed E-state index contributed by atoms with van der Waals surface area (Å²) in [4.78, 5) is 4.84. The minimum absolute atomic E-state index is 0.275. The summed E-state index contributed by atoms with van der Waals surface area (Å²) in [6.45, 7) is 10.9. The second-order valence-corrected chi connectivity index (χ2v) is 5.20. The molecule has 1 fully saturated rings. The van der Waals surface area contributed by atoms with E-state index in [9.17, 15) is 0 Å². The van der Waals surface area contributed by atoms with E-state index in [1.165, 1.54) is 16.7 Å². The molecule has 1 heterocycles. The lowest BCUT2D eigenvalue weighted by Crippen LogP contribution is -2.46. The molecule has 0 spiro atoms. The number of rotatable bonds is 4. The molecule has 0 radical (unpaired) electrons. The third kappa shape index (κ3) is 3.31. The van der Waals surface area contributed by atoms with Gasteiger partial charge in [-0.05, 0) is 30.5 Å². The Morgan fingerprint density at radius 3 is 2.39 bits per heavy atom. The number of aryl methyl sites for hydroxylation is 1. The van der Waals surface area contributed by atoms with Gasteiger partial charge in [-0.15, -0.1) is 0 Å². The van der Waals surface area contributed by atoms with Crippen molar-refractivity contribution < 1.29 is 5.11 Å². The van der Waals surface area contributed by atoms with Crippen LogP contribution in [0, 0.1) is 13.8 Å². The van der Waals surface area contributed by atoms with E-state index in [0.717, 1.165) is 39.3 Å². The topological polar surface area (TPSA) is 26.7 Å². The van der Waals surface area contributed by atoms with Crippen molar-refractivity contribution in [3.63, 3.8) is 0 Å². The fraction of sp³-hybridized carbons (Fsp3) is 0.600. The first-order valence-electron chi connectivity index (χ1n) is 6.81. The van der Waals surface area contributed by atoms with Gasteiger partial charge in [-0.3, -0.25) is 9.80 Å². The number of aliphatic hydroxyl groups is 1. The first kappa shape index (κ1) is 13.5. The third-order valence-corrected chi connectivity index (χ3v) is 3.99. The minimum Gasteiger partial charge on any atom is -0.395 e. The molecular formula is C15H24N2O. The smallest absolute Gasteiger partial charge is 0.0558 e. The molecular weight excluding hydrogens is 224 g/mol. The van der Waals surface area contributed by atoms with Crippen LogP contribution < -0.4 is 0 Å². The standard InChI is InChI=1S/C15H24N2O/c1-13-4-3-5-15(14(13)2)12-17-8-6-16(7-9-17)10-11-18/h3-5,18H,6-12H2,1-2H3. The van der Waals surface area contributed by atoms with E-state index in [1.807, 2.05) is 0 Å². The SMILES string of the molecule is Cc1cccc(CN2CCN(CCO)CC2)c1C. The summed E-state index contributed by atoms with van der Waals surface area (Å²) >= 11 is 0. The first-order valence-corrected chi connectivity index (χ1v) is 6.81. The average Bonchev–Trinajstić information content (AvgIpc) is 2.38. The number of β-amino-alcohol motifs (C(OH)–C–C–N with tert-alkyl or cyclic N) is 1. The van der Waals surface area contributed by atoms with Crippen LogP contribution in [-0.4, -0.2) is 54.2 Å². The minimum atomic E-state index is 0.275. The van der Waals surface area contributed by atoms with E-state index in [2.05, 4.69) is 41.8 Å². The highest BCUT2D eigenvalue weighted by atomic mass is 16.3. The van der Waals surface area contributed by atoms with Crippen LogP contribution in [0.5, 0.6) is 0 Å². The van der Waals surface area contributed by atoms with Gasteiger partial charge in [0.2, 0.25) is 0 Å². The molecule has 1 N–H and O–H groups in total. The van der Waals surface area contributed by atoms with E-state index in [4.69, 9.17) is 5.11 Å². The lowest BCUT2D eigenvalue weighted by atomic mass is 10.0. The zero-order valence-corrected chi connectivity index (χ0v) is 11.5. The molecule has 1 aliphatic heterocycles.